The van der Waals surface area contributed by atoms with Crippen LogP contribution < -0.4 is 4.74 Å². The summed E-state index contributed by atoms with van der Waals surface area (Å²) in [7, 11) is 0. The molecule has 3 aromatic rings. The summed E-state index contributed by atoms with van der Waals surface area (Å²) < 4.78 is 8.83. The number of nitrogens with zero attached hydrogens (tertiary/aromatic N) is 2. The summed E-state index contributed by atoms with van der Waals surface area (Å²) in [5.41, 5.74) is 3.92. The number of rotatable bonds is 2. The van der Waals surface area contributed by atoms with Gasteiger partial charge in [-0.15, -0.1) is 0 Å². The minimum Gasteiger partial charge on any atom is -0.487 e. The Morgan fingerprint density at radius 2 is 1.81 bits per heavy atom. The highest BCUT2D eigenvalue weighted by Gasteiger charge is 2.43. The average Bonchev–Trinajstić information content (AvgIpc) is 3.23. The van der Waals surface area contributed by atoms with Gasteiger partial charge in [-0.3, -0.25) is 0 Å². The van der Waals surface area contributed by atoms with E-state index in [-0.39, 0.29) is 5.60 Å². The highest BCUT2D eigenvalue weighted by atomic mass is 16.5. The highest BCUT2D eigenvalue weighted by molar-refractivity contribution is 5.82. The molecule has 1 saturated carbocycles. The molecule has 1 spiro atoms. The number of fused-ring (bicyclic) bond motifs is 2. The fourth-order valence-corrected chi connectivity index (χ4v) is 5.21. The van der Waals surface area contributed by atoms with Gasteiger partial charge in [0, 0.05) is 55.8 Å². The van der Waals surface area contributed by atoms with Crippen LogP contribution in [0.25, 0.3) is 16.6 Å². The molecule has 1 saturated heterocycles. The number of likely N-dealkylation sites (tertiary alicyclic amines) is 1. The maximum Gasteiger partial charge on any atom is 0.123 e. The first-order valence-corrected chi connectivity index (χ1v) is 10.4. The lowest BCUT2D eigenvalue weighted by Gasteiger charge is -2.45. The van der Waals surface area contributed by atoms with E-state index in [4.69, 9.17) is 4.74 Å². The Labute approximate surface area is 160 Å². The fourth-order valence-electron chi connectivity index (χ4n) is 5.21. The molecule has 2 aromatic carbocycles. The van der Waals surface area contributed by atoms with E-state index in [0.717, 1.165) is 18.2 Å². The zero-order valence-electron chi connectivity index (χ0n) is 15.7. The van der Waals surface area contributed by atoms with E-state index in [1.165, 1.54) is 67.3 Å². The third kappa shape index (κ3) is 2.52. The van der Waals surface area contributed by atoms with Crippen molar-refractivity contribution < 1.29 is 4.74 Å². The van der Waals surface area contributed by atoms with E-state index in [1.807, 2.05) is 0 Å². The van der Waals surface area contributed by atoms with Crippen molar-refractivity contribution in [2.75, 3.05) is 13.1 Å². The normalized spacial score (nSPS) is 21.9. The molecular formula is C24H26N2O. The Hall–Kier alpha value is -2.26. The molecule has 27 heavy (non-hydrogen) atoms. The van der Waals surface area contributed by atoms with E-state index in [2.05, 4.69) is 64.2 Å². The third-order valence-electron chi connectivity index (χ3n) is 7.06. The number of para-hydroxylation sites is 1. The van der Waals surface area contributed by atoms with Crippen LogP contribution in [0, 0.1) is 0 Å². The van der Waals surface area contributed by atoms with Crippen LogP contribution in [0.2, 0.25) is 0 Å². The molecule has 0 unspecified atom stereocenters. The van der Waals surface area contributed by atoms with Gasteiger partial charge in [0.05, 0.1) is 5.52 Å². The van der Waals surface area contributed by atoms with E-state index in [1.54, 1.807) is 0 Å². The SMILES string of the molecule is c1ccc2c(c1)ccn2-c1ccc2c(c1)CC1(CCN(C3CCC3)CC1)O2. The molecule has 138 valence electrons. The first-order valence-electron chi connectivity index (χ1n) is 10.4. The number of hydrogen-bond acceptors (Lipinski definition) is 2. The van der Waals surface area contributed by atoms with Crippen LogP contribution in [0.4, 0.5) is 0 Å². The molecule has 0 radical (unpaired) electrons. The van der Waals surface area contributed by atoms with Crippen molar-refractivity contribution >= 4 is 10.9 Å². The van der Waals surface area contributed by atoms with Crippen molar-refractivity contribution in [2.24, 2.45) is 0 Å². The summed E-state index contributed by atoms with van der Waals surface area (Å²) in [5.74, 6) is 1.10. The third-order valence-corrected chi connectivity index (χ3v) is 7.06. The molecule has 0 bridgehead atoms. The smallest absolute Gasteiger partial charge is 0.123 e. The van der Waals surface area contributed by atoms with Crippen molar-refractivity contribution in [3.8, 4) is 11.4 Å². The number of aromatic nitrogens is 1. The minimum atomic E-state index is 0.0416. The summed E-state index contributed by atoms with van der Waals surface area (Å²) in [6, 6.07) is 18.4. The van der Waals surface area contributed by atoms with Gasteiger partial charge in [-0.2, -0.15) is 0 Å². The number of ether oxygens (including phenoxy) is 1. The molecule has 2 fully saturated rings. The molecular weight excluding hydrogens is 332 g/mol. The van der Waals surface area contributed by atoms with Crippen molar-refractivity contribution in [3.05, 3.63) is 60.3 Å². The van der Waals surface area contributed by atoms with Gasteiger partial charge in [-0.05, 0) is 48.6 Å². The average molecular weight is 358 g/mol. The zero-order valence-corrected chi connectivity index (χ0v) is 15.7. The van der Waals surface area contributed by atoms with Crippen LogP contribution in [-0.4, -0.2) is 34.2 Å². The Morgan fingerprint density at radius 1 is 0.963 bits per heavy atom. The van der Waals surface area contributed by atoms with E-state index in [9.17, 15) is 0 Å². The second-order valence-electron chi connectivity index (χ2n) is 8.62. The molecule has 3 heteroatoms. The van der Waals surface area contributed by atoms with Crippen LogP contribution >= 0.6 is 0 Å². The van der Waals surface area contributed by atoms with E-state index < -0.39 is 0 Å². The lowest BCUT2D eigenvalue weighted by atomic mass is 9.83. The summed E-state index contributed by atoms with van der Waals surface area (Å²) in [6.45, 7) is 2.40. The van der Waals surface area contributed by atoms with E-state index in [0.29, 0.717) is 0 Å². The monoisotopic (exact) mass is 358 g/mol. The summed E-state index contributed by atoms with van der Waals surface area (Å²) in [5, 5.41) is 1.29. The Balaban J connectivity index is 1.26. The predicted molar refractivity (Wildman–Crippen MR) is 109 cm³/mol. The van der Waals surface area contributed by atoms with Crippen molar-refractivity contribution in [1.82, 2.24) is 9.47 Å². The van der Waals surface area contributed by atoms with Gasteiger partial charge in [0.25, 0.3) is 0 Å². The summed E-state index contributed by atoms with van der Waals surface area (Å²) >= 11 is 0. The van der Waals surface area contributed by atoms with Gasteiger partial charge >= 0.3 is 0 Å². The molecule has 3 aliphatic rings. The molecule has 3 nitrogen and oxygen atoms in total. The number of piperidine rings is 1. The van der Waals surface area contributed by atoms with Crippen LogP contribution in [0.5, 0.6) is 5.75 Å². The van der Waals surface area contributed by atoms with Crippen LogP contribution in [-0.2, 0) is 6.42 Å². The van der Waals surface area contributed by atoms with E-state index >= 15 is 0 Å². The van der Waals surface area contributed by atoms with Crippen molar-refractivity contribution in [2.45, 2.75) is 50.2 Å². The van der Waals surface area contributed by atoms with Crippen molar-refractivity contribution in [1.29, 1.82) is 0 Å². The first-order chi connectivity index (χ1) is 13.3. The minimum absolute atomic E-state index is 0.0416. The van der Waals surface area contributed by atoms with Crippen LogP contribution in [0.1, 0.15) is 37.7 Å². The van der Waals surface area contributed by atoms with Crippen LogP contribution in [0.3, 0.4) is 0 Å². The second-order valence-corrected chi connectivity index (χ2v) is 8.62. The molecule has 6 rings (SSSR count). The molecule has 3 heterocycles. The molecule has 1 aromatic heterocycles. The maximum absolute atomic E-state index is 6.54. The number of hydrogen-bond donors (Lipinski definition) is 0. The summed E-state index contributed by atoms with van der Waals surface area (Å²) in [4.78, 5) is 2.71. The Kier molecular flexibility index (Phi) is 3.43. The van der Waals surface area contributed by atoms with Gasteiger partial charge < -0.3 is 14.2 Å². The summed E-state index contributed by atoms with van der Waals surface area (Å²) in [6.07, 6.45) is 9.80. The van der Waals surface area contributed by atoms with Crippen molar-refractivity contribution in [3.63, 3.8) is 0 Å². The van der Waals surface area contributed by atoms with Gasteiger partial charge in [0.1, 0.15) is 11.4 Å². The topological polar surface area (TPSA) is 17.4 Å². The zero-order chi connectivity index (χ0) is 17.8. The lowest BCUT2D eigenvalue weighted by molar-refractivity contribution is -0.00746. The molecule has 2 aliphatic heterocycles. The molecule has 1 aliphatic carbocycles. The number of benzene rings is 2. The lowest BCUT2D eigenvalue weighted by Crippen LogP contribution is -2.52. The molecule has 0 atom stereocenters. The van der Waals surface area contributed by atoms with Gasteiger partial charge in [0.2, 0.25) is 0 Å². The Morgan fingerprint density at radius 3 is 2.63 bits per heavy atom. The van der Waals surface area contributed by atoms with Gasteiger partial charge in [0.15, 0.2) is 0 Å². The van der Waals surface area contributed by atoms with Crippen LogP contribution in [0.15, 0.2) is 54.7 Å². The molecule has 0 N–H and O–H groups in total. The predicted octanol–water partition coefficient (Wildman–Crippen LogP) is 4.95. The second kappa shape index (κ2) is 5.87. The Bertz CT molecular complexity index is 993. The standard InChI is InChI=1S/C24H26N2O/c1-2-7-22-18(4-1)10-13-26(22)21-8-9-23-19(16-21)17-24(27-23)11-14-25(15-12-24)20-5-3-6-20/h1-2,4,7-10,13,16,20H,3,5-6,11-12,14-15,17H2. The maximum atomic E-state index is 6.54. The first kappa shape index (κ1) is 15.8. The quantitative estimate of drug-likeness (QED) is 0.645. The van der Waals surface area contributed by atoms with Gasteiger partial charge in [-0.1, -0.05) is 24.6 Å². The molecule has 0 amide bonds. The largest absolute Gasteiger partial charge is 0.487 e. The fraction of sp³-hybridized carbons (Fsp3) is 0.417. The highest BCUT2D eigenvalue weighted by Crippen LogP contribution is 2.43. The van der Waals surface area contributed by atoms with Gasteiger partial charge in [-0.25, -0.2) is 0 Å².